The van der Waals surface area contributed by atoms with Crippen molar-refractivity contribution in [3.05, 3.63) is 52.4 Å². The van der Waals surface area contributed by atoms with Gasteiger partial charge in [0.2, 0.25) is 0 Å². The van der Waals surface area contributed by atoms with Crippen LogP contribution in [0.2, 0.25) is 5.02 Å². The zero-order valence-electron chi connectivity index (χ0n) is 14.5. The van der Waals surface area contributed by atoms with Crippen molar-refractivity contribution >= 4 is 23.4 Å². The quantitative estimate of drug-likeness (QED) is 0.749. The van der Waals surface area contributed by atoms with Crippen LogP contribution in [0, 0.1) is 0 Å². The lowest BCUT2D eigenvalue weighted by Crippen LogP contribution is -2.19. The lowest BCUT2D eigenvalue weighted by Gasteiger charge is -2.17. The molecular formula is C19H22ClN3O2. The molecule has 1 heterocycles. The first-order valence-corrected chi connectivity index (χ1v) is 8.92. The molecule has 0 bridgehead atoms. The second-order valence-corrected chi connectivity index (χ2v) is 6.81. The Morgan fingerprint density at radius 1 is 1.32 bits per heavy atom. The van der Waals surface area contributed by atoms with Crippen LogP contribution in [-0.2, 0) is 11.2 Å². The number of nitrogens with zero attached hydrogens (tertiary/aromatic N) is 2. The number of aromatic nitrogens is 2. The molecule has 3 rings (SSSR count). The van der Waals surface area contributed by atoms with Gasteiger partial charge in [-0.2, -0.15) is 0 Å². The van der Waals surface area contributed by atoms with Gasteiger partial charge in [-0.15, -0.1) is 0 Å². The van der Waals surface area contributed by atoms with Crippen molar-refractivity contribution in [3.8, 4) is 0 Å². The predicted octanol–water partition coefficient (Wildman–Crippen LogP) is 4.23. The molecule has 5 nitrogen and oxygen atoms in total. The number of ether oxygens (including phenoxy) is 1. The van der Waals surface area contributed by atoms with Gasteiger partial charge in [0.1, 0.15) is 16.7 Å². The maximum atomic E-state index is 12.0. The molecule has 1 N–H and O–H groups in total. The summed E-state index contributed by atoms with van der Waals surface area (Å²) in [5, 5.41) is 3.56. The van der Waals surface area contributed by atoms with Gasteiger partial charge in [-0.1, -0.05) is 41.9 Å². The summed E-state index contributed by atoms with van der Waals surface area (Å²) in [6.07, 6.45) is 3.98. The molecule has 0 saturated heterocycles. The van der Waals surface area contributed by atoms with Crippen molar-refractivity contribution < 1.29 is 9.53 Å². The summed E-state index contributed by atoms with van der Waals surface area (Å²) in [4.78, 5) is 20.8. The summed E-state index contributed by atoms with van der Waals surface area (Å²) >= 11 is 6.35. The van der Waals surface area contributed by atoms with E-state index in [-0.39, 0.29) is 16.8 Å². The number of rotatable bonds is 7. The fraction of sp³-hybridized carbons (Fsp3) is 0.421. The van der Waals surface area contributed by atoms with Crippen molar-refractivity contribution in [2.45, 2.75) is 44.6 Å². The van der Waals surface area contributed by atoms with E-state index >= 15 is 0 Å². The monoisotopic (exact) mass is 359 g/mol. The van der Waals surface area contributed by atoms with E-state index < -0.39 is 5.97 Å². The average Bonchev–Trinajstić information content (AvgIpc) is 3.47. The van der Waals surface area contributed by atoms with Crippen LogP contribution in [0.3, 0.4) is 0 Å². The number of halogens is 1. The first-order chi connectivity index (χ1) is 12.1. The van der Waals surface area contributed by atoms with Crippen LogP contribution in [0.15, 0.2) is 30.3 Å². The first kappa shape index (κ1) is 17.7. The minimum atomic E-state index is -0.533. The summed E-state index contributed by atoms with van der Waals surface area (Å²) in [7, 11) is 1.33. The highest BCUT2D eigenvalue weighted by molar-refractivity contribution is 6.35. The normalized spacial score (nSPS) is 14.8. The topological polar surface area (TPSA) is 64.1 Å². The highest BCUT2D eigenvalue weighted by Crippen LogP contribution is 2.39. The number of aryl methyl sites for hydroxylation is 1. The molecule has 2 aromatic rings. The van der Waals surface area contributed by atoms with Crippen molar-refractivity contribution in [2.24, 2.45) is 0 Å². The van der Waals surface area contributed by atoms with E-state index in [2.05, 4.69) is 34.3 Å². The largest absolute Gasteiger partial charge is 0.464 e. The maximum Gasteiger partial charge on any atom is 0.358 e. The zero-order valence-corrected chi connectivity index (χ0v) is 15.2. The number of carbonyl (C=O) groups excluding carboxylic acids is 1. The van der Waals surface area contributed by atoms with Crippen molar-refractivity contribution in [2.75, 3.05) is 12.4 Å². The highest BCUT2D eigenvalue weighted by atomic mass is 35.5. The van der Waals surface area contributed by atoms with Gasteiger partial charge in [0.15, 0.2) is 5.69 Å². The number of esters is 1. The van der Waals surface area contributed by atoms with Crippen LogP contribution in [-0.4, -0.2) is 29.1 Å². The van der Waals surface area contributed by atoms with Crippen molar-refractivity contribution in [1.82, 2.24) is 9.97 Å². The summed E-state index contributed by atoms with van der Waals surface area (Å²) in [6, 6.07) is 10.5. The van der Waals surface area contributed by atoms with Gasteiger partial charge >= 0.3 is 5.97 Å². The number of carbonyl (C=O) groups is 1. The van der Waals surface area contributed by atoms with E-state index in [1.54, 1.807) is 0 Å². The van der Waals surface area contributed by atoms with Gasteiger partial charge in [0.05, 0.1) is 7.11 Å². The molecule has 25 heavy (non-hydrogen) atoms. The molecule has 1 aromatic carbocycles. The molecule has 1 fully saturated rings. The maximum absolute atomic E-state index is 12.0. The number of nitrogens with one attached hydrogen (secondary N) is 1. The van der Waals surface area contributed by atoms with Crippen LogP contribution < -0.4 is 5.32 Å². The van der Waals surface area contributed by atoms with E-state index in [1.165, 1.54) is 12.7 Å². The van der Waals surface area contributed by atoms with E-state index in [9.17, 15) is 4.79 Å². The minimum Gasteiger partial charge on any atom is -0.464 e. The third-order valence-corrected chi connectivity index (χ3v) is 4.64. The van der Waals surface area contributed by atoms with E-state index in [0.717, 1.165) is 25.7 Å². The van der Waals surface area contributed by atoms with Crippen molar-refractivity contribution in [3.63, 3.8) is 0 Å². The molecule has 1 saturated carbocycles. The Morgan fingerprint density at radius 2 is 2.04 bits per heavy atom. The first-order valence-electron chi connectivity index (χ1n) is 8.54. The Bertz CT molecular complexity index is 748. The Kier molecular flexibility index (Phi) is 5.53. The standard InChI is InChI=1S/C19H22ClN3O2/c1-12(8-9-13-6-4-3-5-7-13)21-18-15(20)16(19(24)25-2)22-17(23-18)14-10-11-14/h3-7,12,14H,8-11H2,1-2H3,(H,21,22,23). The van der Waals surface area contributed by atoms with Crippen LogP contribution in [0.4, 0.5) is 5.82 Å². The Balaban J connectivity index is 1.74. The van der Waals surface area contributed by atoms with Crippen LogP contribution in [0.1, 0.15) is 54.0 Å². The van der Waals surface area contributed by atoms with Crippen LogP contribution in [0.25, 0.3) is 0 Å². The van der Waals surface area contributed by atoms with Crippen molar-refractivity contribution in [1.29, 1.82) is 0 Å². The lowest BCUT2D eigenvalue weighted by molar-refractivity contribution is 0.0593. The van der Waals surface area contributed by atoms with Gasteiger partial charge in [-0.3, -0.25) is 0 Å². The highest BCUT2D eigenvalue weighted by Gasteiger charge is 2.30. The Labute approximate surface area is 152 Å². The third kappa shape index (κ3) is 4.48. The molecule has 1 atom stereocenters. The van der Waals surface area contributed by atoms with Gasteiger partial charge in [-0.05, 0) is 38.2 Å². The predicted molar refractivity (Wildman–Crippen MR) is 98.2 cm³/mol. The molecule has 1 aliphatic rings. The number of anilines is 1. The molecule has 0 amide bonds. The van der Waals surface area contributed by atoms with Gasteiger partial charge < -0.3 is 10.1 Å². The van der Waals surface area contributed by atoms with E-state index in [4.69, 9.17) is 16.3 Å². The molecule has 1 aliphatic carbocycles. The summed E-state index contributed by atoms with van der Waals surface area (Å²) in [5.74, 6) is 0.970. The van der Waals surface area contributed by atoms with Gasteiger partial charge in [0.25, 0.3) is 0 Å². The van der Waals surface area contributed by atoms with Gasteiger partial charge in [0, 0.05) is 12.0 Å². The van der Waals surface area contributed by atoms with Gasteiger partial charge in [-0.25, -0.2) is 14.8 Å². The second kappa shape index (κ2) is 7.83. The molecule has 0 radical (unpaired) electrons. The molecule has 0 spiro atoms. The molecule has 1 aromatic heterocycles. The number of benzene rings is 1. The smallest absolute Gasteiger partial charge is 0.358 e. The fourth-order valence-corrected chi connectivity index (χ4v) is 2.87. The van der Waals surface area contributed by atoms with E-state index in [0.29, 0.717) is 17.6 Å². The zero-order chi connectivity index (χ0) is 17.8. The number of hydrogen-bond donors (Lipinski definition) is 1. The SMILES string of the molecule is COC(=O)c1nc(C2CC2)nc(NC(C)CCc2ccccc2)c1Cl. The Hall–Kier alpha value is -2.14. The fourth-order valence-electron chi connectivity index (χ4n) is 2.65. The van der Waals surface area contributed by atoms with E-state index in [1.807, 2.05) is 18.2 Å². The number of hydrogen-bond acceptors (Lipinski definition) is 5. The molecule has 1 unspecified atom stereocenters. The lowest BCUT2D eigenvalue weighted by atomic mass is 10.1. The third-order valence-electron chi connectivity index (χ3n) is 4.28. The summed E-state index contributed by atoms with van der Waals surface area (Å²) in [6.45, 7) is 2.08. The van der Waals surface area contributed by atoms with Crippen LogP contribution in [0.5, 0.6) is 0 Å². The Morgan fingerprint density at radius 3 is 2.68 bits per heavy atom. The molecular weight excluding hydrogens is 338 g/mol. The summed E-state index contributed by atoms with van der Waals surface area (Å²) < 4.78 is 4.80. The molecule has 132 valence electrons. The molecule has 6 heteroatoms. The number of methoxy groups -OCH3 is 1. The minimum absolute atomic E-state index is 0.138. The van der Waals surface area contributed by atoms with Crippen LogP contribution >= 0.6 is 11.6 Å². The average molecular weight is 360 g/mol. The summed E-state index contributed by atoms with van der Waals surface area (Å²) in [5.41, 5.74) is 1.43. The second-order valence-electron chi connectivity index (χ2n) is 6.43. The molecule has 0 aliphatic heterocycles.